The second kappa shape index (κ2) is 6.64. The minimum atomic E-state index is -0.244. The molecule has 0 spiro atoms. The van der Waals surface area contributed by atoms with E-state index in [1.807, 2.05) is 0 Å². The van der Waals surface area contributed by atoms with E-state index >= 15 is 0 Å². The third kappa shape index (κ3) is 3.88. The van der Waals surface area contributed by atoms with E-state index in [-0.39, 0.29) is 12.5 Å². The van der Waals surface area contributed by atoms with Crippen LogP contribution in [0.5, 0.6) is 0 Å². The maximum Gasteiger partial charge on any atom is 0.257 e. The Balaban J connectivity index is 2.03. The third-order valence-corrected chi connectivity index (χ3v) is 2.96. The minimum Gasteiger partial charge on any atom is -0.395 e. The predicted octanol–water partition coefficient (Wildman–Crippen LogP) is 1.52. The van der Waals surface area contributed by atoms with Crippen LogP contribution in [0.3, 0.4) is 0 Å². The molecule has 2 aromatic heterocycles. The highest BCUT2D eigenvalue weighted by Gasteiger charge is 2.08. The first-order valence-electron chi connectivity index (χ1n) is 5.55. The van der Waals surface area contributed by atoms with Gasteiger partial charge in [0, 0.05) is 24.2 Å². The lowest BCUT2D eigenvalue weighted by atomic mass is 10.3. The van der Waals surface area contributed by atoms with Gasteiger partial charge < -0.3 is 10.4 Å². The third-order valence-electron chi connectivity index (χ3n) is 2.11. The van der Waals surface area contributed by atoms with Crippen LogP contribution in [-0.2, 0) is 0 Å². The normalized spacial score (nSPS) is 9.53. The lowest BCUT2D eigenvalue weighted by Gasteiger charge is -2.00. The summed E-state index contributed by atoms with van der Waals surface area (Å²) in [6.45, 7) is 0.0401. The van der Waals surface area contributed by atoms with E-state index in [1.165, 1.54) is 29.9 Å². The quantitative estimate of drug-likeness (QED) is 0.831. The minimum absolute atomic E-state index is 0.0401. The number of anilines is 1. The first-order valence-corrected chi connectivity index (χ1v) is 6.43. The summed E-state index contributed by atoms with van der Waals surface area (Å²) in [5.74, 6) is 5.86. The molecular weight excluding hydrogens is 262 g/mol. The van der Waals surface area contributed by atoms with Crippen molar-refractivity contribution in [3.63, 3.8) is 0 Å². The molecule has 2 heterocycles. The summed E-state index contributed by atoms with van der Waals surface area (Å²) in [5.41, 5.74) is 0.531. The van der Waals surface area contributed by atoms with Crippen molar-refractivity contribution in [1.82, 2.24) is 9.97 Å². The molecule has 19 heavy (non-hydrogen) atoms. The zero-order chi connectivity index (χ0) is 13.5. The Morgan fingerprint density at radius 3 is 3.11 bits per heavy atom. The molecule has 1 amide bonds. The Labute approximate surface area is 114 Å². The number of thiophene rings is 1. The second-order valence-corrected chi connectivity index (χ2v) is 4.43. The summed E-state index contributed by atoms with van der Waals surface area (Å²) in [7, 11) is 0. The fourth-order valence-electron chi connectivity index (χ4n) is 1.28. The molecule has 5 nitrogen and oxygen atoms in total. The largest absolute Gasteiger partial charge is 0.395 e. The fourth-order valence-corrected chi connectivity index (χ4v) is 2.03. The summed E-state index contributed by atoms with van der Waals surface area (Å²) in [5, 5.41) is 13.0. The smallest absolute Gasteiger partial charge is 0.257 e. The lowest BCUT2D eigenvalue weighted by Crippen LogP contribution is -2.11. The molecule has 0 unspecified atom stereocenters. The molecule has 2 N–H and O–H groups in total. The maximum absolute atomic E-state index is 11.9. The van der Waals surface area contributed by atoms with Crippen LogP contribution in [-0.4, -0.2) is 27.6 Å². The van der Waals surface area contributed by atoms with Crippen molar-refractivity contribution < 1.29 is 9.90 Å². The van der Waals surface area contributed by atoms with Gasteiger partial charge in [0.05, 0.1) is 23.2 Å². The predicted molar refractivity (Wildman–Crippen MR) is 72.9 cm³/mol. The molecule has 0 aliphatic carbocycles. The molecule has 0 aliphatic heterocycles. The zero-order valence-electron chi connectivity index (χ0n) is 9.96. The molecule has 0 aromatic carbocycles. The highest BCUT2D eigenvalue weighted by atomic mass is 32.1. The van der Waals surface area contributed by atoms with Crippen molar-refractivity contribution in [3.8, 4) is 11.8 Å². The Bertz CT molecular complexity index is 614. The summed E-state index contributed by atoms with van der Waals surface area (Å²) < 4.78 is 0. The van der Waals surface area contributed by atoms with E-state index in [4.69, 9.17) is 5.11 Å². The van der Waals surface area contributed by atoms with Crippen LogP contribution >= 0.6 is 11.3 Å². The van der Waals surface area contributed by atoms with Gasteiger partial charge in [-0.1, -0.05) is 11.8 Å². The average molecular weight is 273 g/mol. The summed E-state index contributed by atoms with van der Waals surface area (Å²) in [6, 6.07) is 1.71. The van der Waals surface area contributed by atoms with Crippen molar-refractivity contribution in [2.75, 3.05) is 11.9 Å². The molecule has 0 saturated heterocycles. The van der Waals surface area contributed by atoms with E-state index in [9.17, 15) is 4.79 Å². The summed E-state index contributed by atoms with van der Waals surface area (Å²) >= 11 is 1.39. The zero-order valence-corrected chi connectivity index (χ0v) is 10.8. The molecule has 6 heteroatoms. The van der Waals surface area contributed by atoms with E-state index in [0.29, 0.717) is 17.8 Å². The molecule has 2 rings (SSSR count). The number of carbonyl (C=O) groups excluding carboxylic acids is 1. The highest BCUT2D eigenvalue weighted by molar-refractivity contribution is 7.10. The van der Waals surface area contributed by atoms with Crippen LogP contribution in [0.2, 0.25) is 0 Å². The van der Waals surface area contributed by atoms with Crippen LogP contribution in [0, 0.1) is 11.8 Å². The molecular formula is C13H11N3O2S. The number of rotatable bonds is 3. The van der Waals surface area contributed by atoms with Crippen LogP contribution < -0.4 is 5.32 Å². The van der Waals surface area contributed by atoms with Gasteiger partial charge in [-0.25, -0.2) is 4.98 Å². The highest BCUT2D eigenvalue weighted by Crippen LogP contribution is 2.14. The van der Waals surface area contributed by atoms with E-state index < -0.39 is 0 Å². The SMILES string of the molecule is O=C(Nc1cnccn1)c1csc(C#CCCO)c1. The van der Waals surface area contributed by atoms with Crippen LogP contribution in [0.1, 0.15) is 21.7 Å². The van der Waals surface area contributed by atoms with Gasteiger partial charge in [0.1, 0.15) is 0 Å². The van der Waals surface area contributed by atoms with Crippen molar-refractivity contribution in [2.45, 2.75) is 6.42 Å². The maximum atomic E-state index is 11.9. The molecule has 96 valence electrons. The van der Waals surface area contributed by atoms with E-state index in [0.717, 1.165) is 4.88 Å². The summed E-state index contributed by atoms with van der Waals surface area (Å²) in [4.78, 5) is 20.5. The number of hydrogen-bond acceptors (Lipinski definition) is 5. The molecule has 0 saturated carbocycles. The first-order chi connectivity index (χ1) is 9.29. The number of nitrogens with one attached hydrogen (secondary N) is 1. The number of aliphatic hydroxyl groups is 1. The van der Waals surface area contributed by atoms with Crippen LogP contribution in [0.15, 0.2) is 30.0 Å². The standard InChI is InChI=1S/C13H11N3O2S/c17-6-2-1-3-11-7-10(9-19-11)13(18)16-12-8-14-4-5-15-12/h4-5,7-9,17H,2,6H2,(H,15,16,18). The van der Waals surface area contributed by atoms with Gasteiger partial charge in [0.15, 0.2) is 5.82 Å². The molecule has 0 fully saturated rings. The molecule has 0 bridgehead atoms. The monoisotopic (exact) mass is 273 g/mol. The van der Waals surface area contributed by atoms with Crippen LogP contribution in [0.25, 0.3) is 0 Å². The fraction of sp³-hybridized carbons (Fsp3) is 0.154. The van der Waals surface area contributed by atoms with Crippen molar-refractivity contribution in [1.29, 1.82) is 0 Å². The first kappa shape index (κ1) is 13.2. The topological polar surface area (TPSA) is 75.1 Å². The van der Waals surface area contributed by atoms with Gasteiger partial charge in [-0.3, -0.25) is 9.78 Å². The Hall–Kier alpha value is -2.23. The van der Waals surface area contributed by atoms with Crippen LogP contribution in [0.4, 0.5) is 5.82 Å². The number of hydrogen-bond donors (Lipinski definition) is 2. The van der Waals surface area contributed by atoms with Crippen molar-refractivity contribution in [3.05, 3.63) is 40.5 Å². The Morgan fingerprint density at radius 2 is 2.37 bits per heavy atom. The lowest BCUT2D eigenvalue weighted by molar-refractivity contribution is 0.102. The van der Waals surface area contributed by atoms with Gasteiger partial charge in [0.25, 0.3) is 5.91 Å². The molecule has 0 aliphatic rings. The molecule has 2 aromatic rings. The van der Waals surface area contributed by atoms with Gasteiger partial charge in [-0.05, 0) is 6.07 Å². The van der Waals surface area contributed by atoms with E-state index in [2.05, 4.69) is 27.1 Å². The average Bonchev–Trinajstić information content (AvgIpc) is 2.89. The van der Waals surface area contributed by atoms with Crippen molar-refractivity contribution >= 4 is 23.1 Å². The van der Waals surface area contributed by atoms with Crippen molar-refractivity contribution in [2.24, 2.45) is 0 Å². The number of nitrogens with zero attached hydrogens (tertiary/aromatic N) is 2. The molecule has 0 radical (unpaired) electrons. The van der Waals surface area contributed by atoms with Gasteiger partial charge in [0.2, 0.25) is 0 Å². The van der Waals surface area contributed by atoms with Gasteiger partial charge in [-0.15, -0.1) is 11.3 Å². The Morgan fingerprint density at radius 1 is 1.47 bits per heavy atom. The Kier molecular flexibility index (Phi) is 4.61. The van der Waals surface area contributed by atoms with Gasteiger partial charge in [-0.2, -0.15) is 0 Å². The van der Waals surface area contributed by atoms with E-state index in [1.54, 1.807) is 11.4 Å². The number of aliphatic hydroxyl groups excluding tert-OH is 1. The summed E-state index contributed by atoms with van der Waals surface area (Å²) in [6.07, 6.45) is 4.95. The van der Waals surface area contributed by atoms with Gasteiger partial charge >= 0.3 is 0 Å². The number of amides is 1. The molecule has 0 atom stereocenters. The number of aromatic nitrogens is 2. The second-order valence-electron chi connectivity index (χ2n) is 3.52. The number of carbonyl (C=O) groups is 1.